The molecule has 0 unspecified atom stereocenters. The summed E-state index contributed by atoms with van der Waals surface area (Å²) in [6.07, 6.45) is 12.8. The summed E-state index contributed by atoms with van der Waals surface area (Å²) in [7, 11) is -1.58. The largest absolute Gasteiger partial charge is 0.414 e. The minimum absolute atomic E-state index is 0.337. The Hall–Kier alpha value is 0.137. The van der Waals surface area contributed by atoms with Crippen molar-refractivity contribution in [1.29, 1.82) is 0 Å². The van der Waals surface area contributed by atoms with E-state index in [0.717, 1.165) is 12.1 Å². The van der Waals surface area contributed by atoms with Gasteiger partial charge in [-0.1, -0.05) is 40.0 Å². The van der Waals surface area contributed by atoms with Crippen LogP contribution in [0, 0.1) is 0 Å². The zero-order chi connectivity index (χ0) is 15.5. The molecule has 2 saturated carbocycles. The van der Waals surface area contributed by atoms with Gasteiger partial charge in [-0.25, -0.2) is 0 Å². The van der Waals surface area contributed by atoms with Crippen LogP contribution in [0.2, 0.25) is 18.1 Å². The first-order valence-corrected chi connectivity index (χ1v) is 12.1. The van der Waals surface area contributed by atoms with Crippen LogP contribution in [0.3, 0.4) is 0 Å². The molecule has 2 aliphatic carbocycles. The van der Waals surface area contributed by atoms with Crippen LogP contribution in [0.4, 0.5) is 0 Å². The van der Waals surface area contributed by atoms with Crippen molar-refractivity contribution in [1.82, 2.24) is 5.32 Å². The highest BCUT2D eigenvalue weighted by atomic mass is 28.4. The second kappa shape index (κ2) is 7.14. The van der Waals surface area contributed by atoms with Gasteiger partial charge in [0.25, 0.3) is 0 Å². The smallest absolute Gasteiger partial charge is 0.192 e. The van der Waals surface area contributed by atoms with Gasteiger partial charge >= 0.3 is 0 Å². The van der Waals surface area contributed by atoms with E-state index < -0.39 is 8.32 Å². The van der Waals surface area contributed by atoms with E-state index in [1.807, 2.05) is 0 Å². The molecule has 2 nitrogen and oxygen atoms in total. The van der Waals surface area contributed by atoms with Crippen LogP contribution < -0.4 is 5.32 Å². The molecule has 0 atom stereocenters. The molecule has 21 heavy (non-hydrogen) atoms. The highest BCUT2D eigenvalue weighted by Crippen LogP contribution is 2.39. The minimum Gasteiger partial charge on any atom is -0.414 e. The lowest BCUT2D eigenvalue weighted by atomic mass is 9.90. The molecule has 2 aliphatic rings. The van der Waals surface area contributed by atoms with Gasteiger partial charge in [-0.15, -0.1) is 0 Å². The fourth-order valence-electron chi connectivity index (χ4n) is 3.54. The molecule has 0 aromatic heterocycles. The molecule has 0 aromatic carbocycles. The molecular weight excluding hydrogens is 274 g/mol. The van der Waals surface area contributed by atoms with Crippen molar-refractivity contribution < 1.29 is 4.43 Å². The van der Waals surface area contributed by atoms with Crippen LogP contribution in [0.25, 0.3) is 0 Å². The summed E-state index contributed by atoms with van der Waals surface area (Å²) in [6.45, 7) is 11.8. The van der Waals surface area contributed by atoms with Crippen molar-refractivity contribution in [3.8, 4) is 0 Å². The predicted molar refractivity (Wildman–Crippen MR) is 94.3 cm³/mol. The molecule has 2 fully saturated rings. The first kappa shape index (κ1) is 17.5. The Balaban J connectivity index is 1.73. The molecule has 2 rings (SSSR count). The maximum atomic E-state index is 6.59. The molecule has 0 radical (unpaired) electrons. The van der Waals surface area contributed by atoms with E-state index in [4.69, 9.17) is 4.43 Å². The normalized spacial score (nSPS) is 29.6. The number of nitrogens with one attached hydrogen (secondary N) is 1. The van der Waals surface area contributed by atoms with Crippen LogP contribution in [0.1, 0.15) is 78.6 Å². The summed E-state index contributed by atoms with van der Waals surface area (Å²) in [5, 5.41) is 4.26. The van der Waals surface area contributed by atoms with Crippen LogP contribution in [-0.4, -0.2) is 26.5 Å². The number of hydrogen-bond donors (Lipinski definition) is 1. The van der Waals surface area contributed by atoms with E-state index >= 15 is 0 Å². The van der Waals surface area contributed by atoms with Crippen LogP contribution in [0.15, 0.2) is 0 Å². The Morgan fingerprint density at radius 3 is 1.86 bits per heavy atom. The average Bonchev–Trinajstić information content (AvgIpc) is 2.41. The Kier molecular flexibility index (Phi) is 5.95. The zero-order valence-electron chi connectivity index (χ0n) is 15.0. The van der Waals surface area contributed by atoms with Gasteiger partial charge in [-0.05, 0) is 56.7 Å². The van der Waals surface area contributed by atoms with Crippen LogP contribution >= 0.6 is 0 Å². The molecule has 0 saturated heterocycles. The third-order valence-corrected chi connectivity index (χ3v) is 10.6. The topological polar surface area (TPSA) is 21.3 Å². The molecule has 0 amide bonds. The number of rotatable bonds is 4. The standard InChI is InChI=1S/C18H37NOSi/c1-18(2,3)21(4,5)20-17-13-11-16(12-14-17)19-15-9-7-6-8-10-15/h15-17,19H,6-14H2,1-5H3/t16-,17-. The fourth-order valence-corrected chi connectivity index (χ4v) is 4.97. The third kappa shape index (κ3) is 5.07. The second-order valence-electron chi connectivity index (χ2n) is 8.85. The summed E-state index contributed by atoms with van der Waals surface area (Å²) in [6, 6.07) is 1.56. The highest BCUT2D eigenvalue weighted by molar-refractivity contribution is 6.74. The molecule has 0 aromatic rings. The summed E-state index contributed by atoms with van der Waals surface area (Å²) in [4.78, 5) is 0. The van der Waals surface area contributed by atoms with Gasteiger partial charge in [-0.3, -0.25) is 0 Å². The van der Waals surface area contributed by atoms with E-state index in [2.05, 4.69) is 39.2 Å². The Morgan fingerprint density at radius 2 is 1.33 bits per heavy atom. The van der Waals surface area contributed by atoms with Crippen molar-refractivity contribution in [3.63, 3.8) is 0 Å². The summed E-state index contributed by atoms with van der Waals surface area (Å²) < 4.78 is 6.59. The van der Waals surface area contributed by atoms with Gasteiger partial charge in [0.15, 0.2) is 8.32 Å². The highest BCUT2D eigenvalue weighted by Gasteiger charge is 2.39. The first-order chi connectivity index (χ1) is 9.78. The van der Waals surface area contributed by atoms with E-state index in [9.17, 15) is 0 Å². The molecule has 0 heterocycles. The zero-order valence-corrected chi connectivity index (χ0v) is 16.0. The van der Waals surface area contributed by atoms with Gasteiger partial charge in [0.05, 0.1) is 0 Å². The Morgan fingerprint density at radius 1 is 0.810 bits per heavy atom. The van der Waals surface area contributed by atoms with E-state index in [0.29, 0.717) is 11.1 Å². The molecule has 124 valence electrons. The lowest BCUT2D eigenvalue weighted by Crippen LogP contribution is -2.47. The van der Waals surface area contributed by atoms with Crippen molar-refractivity contribution in [3.05, 3.63) is 0 Å². The fraction of sp³-hybridized carbons (Fsp3) is 1.00. The monoisotopic (exact) mass is 311 g/mol. The third-order valence-electron chi connectivity index (χ3n) is 6.02. The van der Waals surface area contributed by atoms with E-state index in [1.54, 1.807) is 0 Å². The summed E-state index contributed by atoms with van der Waals surface area (Å²) in [5.41, 5.74) is 0. The second-order valence-corrected chi connectivity index (χ2v) is 13.6. The SMILES string of the molecule is CC(C)(C)[Si](C)(C)O[C@H]1CC[C@H](NC2CCCCC2)CC1. The van der Waals surface area contributed by atoms with Gasteiger partial charge in [0.2, 0.25) is 0 Å². The lowest BCUT2D eigenvalue weighted by Gasteiger charge is -2.42. The molecular formula is C18H37NOSi. The molecule has 3 heteroatoms. The van der Waals surface area contributed by atoms with E-state index in [-0.39, 0.29) is 0 Å². The van der Waals surface area contributed by atoms with Crippen molar-refractivity contribution in [2.75, 3.05) is 0 Å². The molecule has 0 bridgehead atoms. The Bertz CT molecular complexity index is 310. The maximum absolute atomic E-state index is 6.59. The average molecular weight is 312 g/mol. The van der Waals surface area contributed by atoms with Crippen molar-refractivity contribution in [2.24, 2.45) is 0 Å². The van der Waals surface area contributed by atoms with Crippen molar-refractivity contribution in [2.45, 2.75) is 115 Å². The maximum Gasteiger partial charge on any atom is 0.192 e. The van der Waals surface area contributed by atoms with Gasteiger partial charge in [-0.2, -0.15) is 0 Å². The van der Waals surface area contributed by atoms with Gasteiger partial charge in [0.1, 0.15) is 0 Å². The number of hydrogen-bond acceptors (Lipinski definition) is 2. The quantitative estimate of drug-likeness (QED) is 0.717. The first-order valence-electron chi connectivity index (χ1n) is 9.22. The minimum atomic E-state index is -1.58. The lowest BCUT2D eigenvalue weighted by molar-refractivity contribution is 0.120. The summed E-state index contributed by atoms with van der Waals surface area (Å²) >= 11 is 0. The Labute approximate surface area is 133 Å². The van der Waals surface area contributed by atoms with Crippen LogP contribution in [0.5, 0.6) is 0 Å². The van der Waals surface area contributed by atoms with Crippen molar-refractivity contribution >= 4 is 8.32 Å². The van der Waals surface area contributed by atoms with Crippen LogP contribution in [-0.2, 0) is 4.43 Å². The molecule has 1 N–H and O–H groups in total. The van der Waals surface area contributed by atoms with E-state index in [1.165, 1.54) is 57.8 Å². The molecule has 0 spiro atoms. The summed E-state index contributed by atoms with van der Waals surface area (Å²) in [5.74, 6) is 0. The molecule has 0 aliphatic heterocycles. The van der Waals surface area contributed by atoms with Gasteiger partial charge in [0, 0.05) is 18.2 Å². The van der Waals surface area contributed by atoms with Gasteiger partial charge < -0.3 is 9.74 Å². The predicted octanol–water partition coefficient (Wildman–Crippen LogP) is 5.24.